The van der Waals surface area contributed by atoms with E-state index in [1.165, 1.54) is 19.3 Å². The highest BCUT2D eigenvalue weighted by atomic mass is 15.3. The van der Waals surface area contributed by atoms with Gasteiger partial charge in [-0.25, -0.2) is 0 Å². The minimum Gasteiger partial charge on any atom is -0.328 e. The van der Waals surface area contributed by atoms with Crippen molar-refractivity contribution >= 4 is 0 Å². The maximum Gasteiger partial charge on any atom is 0.146 e. The SMILES string of the molecule is CCCN(Cc1nnc(C)n1C)C1CCC(N)CC1. The molecule has 108 valence electrons. The molecule has 0 saturated heterocycles. The molecule has 2 N–H and O–H groups in total. The van der Waals surface area contributed by atoms with Crippen LogP contribution >= 0.6 is 0 Å². The molecule has 0 amide bonds. The Morgan fingerprint density at radius 3 is 2.47 bits per heavy atom. The lowest BCUT2D eigenvalue weighted by Gasteiger charge is -2.35. The summed E-state index contributed by atoms with van der Waals surface area (Å²) in [6, 6.07) is 1.08. The summed E-state index contributed by atoms with van der Waals surface area (Å²) < 4.78 is 2.09. The van der Waals surface area contributed by atoms with Crippen molar-refractivity contribution in [1.29, 1.82) is 0 Å². The molecule has 19 heavy (non-hydrogen) atoms. The first kappa shape index (κ1) is 14.5. The van der Waals surface area contributed by atoms with E-state index in [9.17, 15) is 0 Å². The van der Waals surface area contributed by atoms with Gasteiger partial charge >= 0.3 is 0 Å². The van der Waals surface area contributed by atoms with Crippen molar-refractivity contribution < 1.29 is 0 Å². The zero-order chi connectivity index (χ0) is 13.8. The summed E-state index contributed by atoms with van der Waals surface area (Å²) in [6.07, 6.45) is 5.93. The Morgan fingerprint density at radius 2 is 1.95 bits per heavy atom. The summed E-state index contributed by atoms with van der Waals surface area (Å²) in [5.74, 6) is 2.05. The second kappa shape index (κ2) is 6.48. The highest BCUT2D eigenvalue weighted by Gasteiger charge is 2.25. The normalized spacial score (nSPS) is 24.1. The third-order valence-corrected chi connectivity index (χ3v) is 4.30. The largest absolute Gasteiger partial charge is 0.328 e. The van der Waals surface area contributed by atoms with Crippen molar-refractivity contribution in [3.05, 3.63) is 11.6 Å². The zero-order valence-electron chi connectivity index (χ0n) is 12.5. The first-order chi connectivity index (χ1) is 9.11. The lowest BCUT2D eigenvalue weighted by molar-refractivity contribution is 0.137. The van der Waals surface area contributed by atoms with E-state index >= 15 is 0 Å². The summed E-state index contributed by atoms with van der Waals surface area (Å²) in [7, 11) is 2.05. The average Bonchev–Trinajstić information content (AvgIpc) is 2.71. The monoisotopic (exact) mass is 265 g/mol. The van der Waals surface area contributed by atoms with Gasteiger partial charge in [0.2, 0.25) is 0 Å². The summed E-state index contributed by atoms with van der Waals surface area (Å²) >= 11 is 0. The van der Waals surface area contributed by atoms with Gasteiger partial charge in [0, 0.05) is 19.1 Å². The molecule has 0 radical (unpaired) electrons. The predicted molar refractivity (Wildman–Crippen MR) is 76.7 cm³/mol. The first-order valence-electron chi connectivity index (χ1n) is 7.46. The van der Waals surface area contributed by atoms with Gasteiger partial charge in [-0.1, -0.05) is 6.92 Å². The van der Waals surface area contributed by atoms with Gasteiger partial charge < -0.3 is 10.3 Å². The van der Waals surface area contributed by atoms with E-state index in [1.807, 2.05) is 14.0 Å². The molecule has 0 bridgehead atoms. The lowest BCUT2D eigenvalue weighted by Crippen LogP contribution is -2.41. The molecule has 0 spiro atoms. The molecule has 1 aromatic rings. The van der Waals surface area contributed by atoms with E-state index < -0.39 is 0 Å². The van der Waals surface area contributed by atoms with E-state index in [4.69, 9.17) is 5.73 Å². The van der Waals surface area contributed by atoms with Crippen LogP contribution in [0.5, 0.6) is 0 Å². The molecule has 0 unspecified atom stereocenters. The van der Waals surface area contributed by atoms with Crippen molar-refractivity contribution in [2.45, 2.75) is 64.6 Å². The molecule has 5 heteroatoms. The van der Waals surface area contributed by atoms with Gasteiger partial charge in [0.1, 0.15) is 11.6 Å². The van der Waals surface area contributed by atoms with Crippen molar-refractivity contribution in [2.75, 3.05) is 6.54 Å². The molecule has 0 aromatic carbocycles. The van der Waals surface area contributed by atoms with E-state index in [2.05, 4.69) is 26.6 Å². The van der Waals surface area contributed by atoms with Gasteiger partial charge in [0.05, 0.1) is 6.54 Å². The molecular formula is C14H27N5. The Bertz CT molecular complexity index is 393. The zero-order valence-corrected chi connectivity index (χ0v) is 12.5. The first-order valence-corrected chi connectivity index (χ1v) is 7.46. The molecule has 1 aliphatic carbocycles. The Balaban J connectivity index is 2.01. The Kier molecular flexibility index (Phi) is 4.93. The molecule has 1 heterocycles. The number of nitrogens with zero attached hydrogens (tertiary/aromatic N) is 4. The van der Waals surface area contributed by atoms with Crippen LogP contribution in [0.1, 0.15) is 50.7 Å². The van der Waals surface area contributed by atoms with Gasteiger partial charge in [0.15, 0.2) is 0 Å². The maximum atomic E-state index is 6.01. The second-order valence-electron chi connectivity index (χ2n) is 5.76. The van der Waals surface area contributed by atoms with Gasteiger partial charge in [-0.05, 0) is 45.6 Å². The van der Waals surface area contributed by atoms with Gasteiger partial charge in [0.25, 0.3) is 0 Å². The third-order valence-electron chi connectivity index (χ3n) is 4.30. The number of nitrogens with two attached hydrogens (primary N) is 1. The predicted octanol–water partition coefficient (Wildman–Crippen LogP) is 1.61. The molecule has 1 fully saturated rings. The number of rotatable bonds is 5. The van der Waals surface area contributed by atoms with E-state index in [0.29, 0.717) is 12.1 Å². The van der Waals surface area contributed by atoms with Crippen LogP contribution in [0.4, 0.5) is 0 Å². The molecular weight excluding hydrogens is 238 g/mol. The summed E-state index contributed by atoms with van der Waals surface area (Å²) in [4.78, 5) is 2.56. The fraction of sp³-hybridized carbons (Fsp3) is 0.857. The molecule has 0 aliphatic heterocycles. The van der Waals surface area contributed by atoms with E-state index in [-0.39, 0.29) is 0 Å². The minimum atomic E-state index is 0.414. The maximum absolute atomic E-state index is 6.01. The summed E-state index contributed by atoms with van der Waals surface area (Å²) in [5.41, 5.74) is 6.01. The van der Waals surface area contributed by atoms with Crippen LogP contribution in [0, 0.1) is 6.92 Å². The van der Waals surface area contributed by atoms with Gasteiger partial charge in [-0.3, -0.25) is 4.90 Å². The van der Waals surface area contributed by atoms with Crippen LogP contribution in [0.15, 0.2) is 0 Å². The molecule has 1 aliphatic rings. The fourth-order valence-corrected chi connectivity index (χ4v) is 2.92. The van der Waals surface area contributed by atoms with Crippen LogP contribution < -0.4 is 5.73 Å². The Hall–Kier alpha value is -0.940. The van der Waals surface area contributed by atoms with Crippen LogP contribution in [-0.2, 0) is 13.6 Å². The van der Waals surface area contributed by atoms with E-state index in [0.717, 1.165) is 37.6 Å². The van der Waals surface area contributed by atoms with Crippen LogP contribution in [0.2, 0.25) is 0 Å². The van der Waals surface area contributed by atoms with Crippen molar-refractivity contribution in [2.24, 2.45) is 12.8 Å². The molecule has 1 aromatic heterocycles. The standard InChI is InChI=1S/C14H27N5/c1-4-9-19(13-7-5-12(15)6-8-13)10-14-17-16-11(2)18(14)3/h12-13H,4-10,15H2,1-3H3. The number of hydrogen-bond donors (Lipinski definition) is 1. The minimum absolute atomic E-state index is 0.414. The molecule has 1 saturated carbocycles. The van der Waals surface area contributed by atoms with Crippen LogP contribution in [0.3, 0.4) is 0 Å². The Labute approximate surface area is 116 Å². The second-order valence-corrected chi connectivity index (χ2v) is 5.76. The lowest BCUT2D eigenvalue weighted by atomic mass is 9.90. The quantitative estimate of drug-likeness (QED) is 0.878. The number of aryl methyl sites for hydroxylation is 1. The molecule has 5 nitrogen and oxygen atoms in total. The summed E-state index contributed by atoms with van der Waals surface area (Å²) in [5, 5.41) is 8.45. The van der Waals surface area contributed by atoms with Crippen molar-refractivity contribution in [1.82, 2.24) is 19.7 Å². The van der Waals surface area contributed by atoms with Crippen molar-refractivity contribution in [3.63, 3.8) is 0 Å². The average molecular weight is 265 g/mol. The van der Waals surface area contributed by atoms with Crippen LogP contribution in [-0.4, -0.2) is 38.3 Å². The fourth-order valence-electron chi connectivity index (χ4n) is 2.92. The van der Waals surface area contributed by atoms with E-state index in [1.54, 1.807) is 0 Å². The highest BCUT2D eigenvalue weighted by Crippen LogP contribution is 2.23. The molecule has 0 atom stereocenters. The van der Waals surface area contributed by atoms with Crippen LogP contribution in [0.25, 0.3) is 0 Å². The number of aromatic nitrogens is 3. The number of hydrogen-bond acceptors (Lipinski definition) is 4. The Morgan fingerprint density at radius 1 is 1.26 bits per heavy atom. The smallest absolute Gasteiger partial charge is 0.146 e. The topological polar surface area (TPSA) is 60.0 Å². The van der Waals surface area contributed by atoms with Crippen molar-refractivity contribution in [3.8, 4) is 0 Å². The third kappa shape index (κ3) is 3.54. The highest BCUT2D eigenvalue weighted by molar-refractivity contribution is 4.94. The summed E-state index contributed by atoms with van der Waals surface area (Å²) in [6.45, 7) is 6.28. The van der Waals surface area contributed by atoms with Gasteiger partial charge in [-0.15, -0.1) is 10.2 Å². The molecule has 2 rings (SSSR count). The van der Waals surface area contributed by atoms with Gasteiger partial charge in [-0.2, -0.15) is 0 Å².